The minimum Gasteiger partial charge on any atom is -0.468 e. The van der Waals surface area contributed by atoms with Crippen molar-refractivity contribution in [3.05, 3.63) is 35.5 Å². The van der Waals surface area contributed by atoms with Crippen molar-refractivity contribution < 1.29 is 38.1 Å². The van der Waals surface area contributed by atoms with Crippen LogP contribution in [0.5, 0.6) is 0 Å². The summed E-state index contributed by atoms with van der Waals surface area (Å²) in [6, 6.07) is 0. The molecular weight excluding hydrogens is 416 g/mol. The topological polar surface area (TPSA) is 105 Å². The monoisotopic (exact) mass is 450 g/mol. The van der Waals surface area contributed by atoms with Crippen LogP contribution in [0.4, 0.5) is 0 Å². The SMILES string of the molecule is COC(=O)C1(C(=O)OC)C/C=C\C=C\CC(C(=O)OC)(C(=O)OC)CC/C(C)=C(/C)CC1. The van der Waals surface area contributed by atoms with Crippen molar-refractivity contribution in [3.8, 4) is 0 Å². The summed E-state index contributed by atoms with van der Waals surface area (Å²) in [7, 11) is 4.98. The van der Waals surface area contributed by atoms with E-state index in [1.165, 1.54) is 28.4 Å². The molecule has 0 amide bonds. The Hall–Kier alpha value is -2.90. The first-order valence-corrected chi connectivity index (χ1v) is 10.5. The van der Waals surface area contributed by atoms with Crippen LogP contribution >= 0.6 is 0 Å². The van der Waals surface area contributed by atoms with Gasteiger partial charge in [0.1, 0.15) is 0 Å². The highest BCUT2D eigenvalue weighted by Crippen LogP contribution is 2.37. The Morgan fingerprint density at radius 3 is 1.16 bits per heavy atom. The van der Waals surface area contributed by atoms with E-state index in [-0.39, 0.29) is 25.7 Å². The zero-order valence-corrected chi connectivity index (χ0v) is 19.8. The van der Waals surface area contributed by atoms with E-state index < -0.39 is 34.7 Å². The molecule has 0 fully saturated rings. The van der Waals surface area contributed by atoms with Gasteiger partial charge in [-0.05, 0) is 52.4 Å². The van der Waals surface area contributed by atoms with Crippen molar-refractivity contribution in [1.29, 1.82) is 0 Å². The number of rotatable bonds is 4. The molecule has 0 N–H and O–H groups in total. The second kappa shape index (κ2) is 12.2. The summed E-state index contributed by atoms with van der Waals surface area (Å²) in [6.45, 7) is 3.79. The van der Waals surface area contributed by atoms with E-state index in [2.05, 4.69) is 0 Å². The first-order chi connectivity index (χ1) is 15.1. The first kappa shape index (κ1) is 27.1. The highest BCUT2D eigenvalue weighted by molar-refractivity contribution is 6.01. The molecule has 178 valence electrons. The number of esters is 4. The number of hydrogen-bond donors (Lipinski definition) is 0. The molecule has 0 radical (unpaired) electrons. The lowest BCUT2D eigenvalue weighted by atomic mass is 9.76. The van der Waals surface area contributed by atoms with Gasteiger partial charge in [-0.3, -0.25) is 19.2 Å². The van der Waals surface area contributed by atoms with Crippen LogP contribution in [0.2, 0.25) is 0 Å². The number of hydrogen-bond acceptors (Lipinski definition) is 8. The molecule has 0 heterocycles. The van der Waals surface area contributed by atoms with Crippen molar-refractivity contribution in [2.45, 2.75) is 52.4 Å². The molecule has 8 heteroatoms. The molecule has 0 bridgehead atoms. The molecular formula is C24H34O8. The van der Waals surface area contributed by atoms with Crippen LogP contribution in [0.3, 0.4) is 0 Å². The van der Waals surface area contributed by atoms with E-state index in [0.717, 1.165) is 11.1 Å². The minimum atomic E-state index is -1.46. The van der Waals surface area contributed by atoms with E-state index in [1.54, 1.807) is 24.3 Å². The van der Waals surface area contributed by atoms with Crippen LogP contribution in [0.15, 0.2) is 35.5 Å². The van der Waals surface area contributed by atoms with Gasteiger partial charge < -0.3 is 18.9 Å². The van der Waals surface area contributed by atoms with Crippen LogP contribution in [0.25, 0.3) is 0 Å². The number of allylic oxidation sites excluding steroid dienone is 6. The summed E-state index contributed by atoms with van der Waals surface area (Å²) in [5.41, 5.74) is -1.02. The highest BCUT2D eigenvalue weighted by Gasteiger charge is 2.48. The molecule has 0 aliphatic heterocycles. The standard InChI is InChI=1S/C24H34O8/c1-17-11-15-23(19(25)29-3,20(26)30-4)13-9-7-8-10-14-24(21(27)31-5,22(28)32-6)16-12-18(17)2/h7-10H,11-16H2,1-6H3/b9-7-,10-8+,18-17-. The average Bonchev–Trinajstić information content (AvgIpc) is 2.82. The van der Waals surface area contributed by atoms with E-state index in [0.29, 0.717) is 12.8 Å². The molecule has 0 aromatic heterocycles. The highest BCUT2D eigenvalue weighted by atomic mass is 16.6. The third-order valence-electron chi connectivity index (χ3n) is 6.20. The minimum absolute atomic E-state index is 0.0855. The maximum atomic E-state index is 12.6. The molecule has 8 nitrogen and oxygen atoms in total. The van der Waals surface area contributed by atoms with Gasteiger partial charge >= 0.3 is 23.9 Å². The molecule has 32 heavy (non-hydrogen) atoms. The smallest absolute Gasteiger partial charge is 0.323 e. The lowest BCUT2D eigenvalue weighted by Gasteiger charge is -2.29. The van der Waals surface area contributed by atoms with Crippen molar-refractivity contribution in [2.24, 2.45) is 10.8 Å². The van der Waals surface area contributed by atoms with Crippen molar-refractivity contribution in [3.63, 3.8) is 0 Å². The second-order valence-corrected chi connectivity index (χ2v) is 7.96. The van der Waals surface area contributed by atoms with Gasteiger partial charge in [-0.2, -0.15) is 0 Å². The van der Waals surface area contributed by atoms with Gasteiger partial charge in [-0.25, -0.2) is 0 Å². The molecule has 1 aliphatic rings. The number of methoxy groups -OCH3 is 4. The summed E-state index contributed by atoms with van der Waals surface area (Å²) in [6.07, 6.45) is 8.07. The average molecular weight is 451 g/mol. The zero-order valence-electron chi connectivity index (χ0n) is 19.8. The predicted molar refractivity (Wildman–Crippen MR) is 117 cm³/mol. The van der Waals surface area contributed by atoms with Gasteiger partial charge in [0.25, 0.3) is 0 Å². The molecule has 0 saturated heterocycles. The third-order valence-corrected chi connectivity index (χ3v) is 6.20. The molecule has 0 unspecified atom stereocenters. The van der Waals surface area contributed by atoms with Gasteiger partial charge in [-0.15, -0.1) is 0 Å². The van der Waals surface area contributed by atoms with Crippen LogP contribution < -0.4 is 0 Å². The summed E-state index contributed by atoms with van der Waals surface area (Å²) >= 11 is 0. The Balaban J connectivity index is 3.48. The molecule has 1 rings (SSSR count). The van der Waals surface area contributed by atoms with Crippen LogP contribution in [0.1, 0.15) is 52.4 Å². The number of carbonyl (C=O) groups excluding carboxylic acids is 4. The van der Waals surface area contributed by atoms with E-state index in [4.69, 9.17) is 18.9 Å². The van der Waals surface area contributed by atoms with Crippen molar-refractivity contribution in [1.82, 2.24) is 0 Å². The third kappa shape index (κ3) is 5.87. The Bertz CT molecular complexity index is 705. The van der Waals surface area contributed by atoms with Gasteiger partial charge in [0.05, 0.1) is 28.4 Å². The predicted octanol–water partition coefficient (Wildman–Crippen LogP) is 3.45. The van der Waals surface area contributed by atoms with Crippen molar-refractivity contribution in [2.75, 3.05) is 28.4 Å². The molecule has 0 aromatic carbocycles. The Kier molecular flexibility index (Phi) is 10.4. The Morgan fingerprint density at radius 1 is 0.625 bits per heavy atom. The Morgan fingerprint density at radius 2 is 0.906 bits per heavy atom. The fraction of sp³-hybridized carbons (Fsp3) is 0.583. The summed E-state index contributed by atoms with van der Waals surface area (Å²) < 4.78 is 19.8. The normalized spacial score (nSPS) is 23.1. The van der Waals surface area contributed by atoms with Gasteiger partial charge in [-0.1, -0.05) is 35.5 Å². The van der Waals surface area contributed by atoms with Crippen LogP contribution in [0, 0.1) is 10.8 Å². The number of carbonyl (C=O) groups is 4. The van der Waals surface area contributed by atoms with Crippen molar-refractivity contribution >= 4 is 23.9 Å². The van der Waals surface area contributed by atoms with Crippen LogP contribution in [-0.2, 0) is 38.1 Å². The summed E-state index contributed by atoms with van der Waals surface area (Å²) in [5.74, 6) is -2.59. The molecule has 0 spiro atoms. The fourth-order valence-corrected chi connectivity index (χ4v) is 3.82. The lowest BCUT2D eigenvalue weighted by molar-refractivity contribution is -0.171. The van der Waals surface area contributed by atoms with E-state index in [9.17, 15) is 19.2 Å². The Labute approximate surface area is 189 Å². The second-order valence-electron chi connectivity index (χ2n) is 7.96. The number of ether oxygens (including phenoxy) is 4. The molecule has 0 saturated carbocycles. The van der Waals surface area contributed by atoms with Gasteiger partial charge in [0, 0.05) is 0 Å². The maximum absolute atomic E-state index is 12.6. The van der Waals surface area contributed by atoms with Crippen LogP contribution in [-0.4, -0.2) is 52.3 Å². The van der Waals surface area contributed by atoms with E-state index >= 15 is 0 Å². The summed E-state index contributed by atoms with van der Waals surface area (Å²) in [4.78, 5) is 50.5. The fourth-order valence-electron chi connectivity index (χ4n) is 3.82. The quantitative estimate of drug-likeness (QED) is 0.278. The zero-order chi connectivity index (χ0) is 24.4. The first-order valence-electron chi connectivity index (χ1n) is 10.5. The summed E-state index contributed by atoms with van der Waals surface area (Å²) in [5, 5.41) is 0. The maximum Gasteiger partial charge on any atom is 0.323 e. The van der Waals surface area contributed by atoms with E-state index in [1.807, 2.05) is 13.8 Å². The van der Waals surface area contributed by atoms with Gasteiger partial charge in [0.15, 0.2) is 10.8 Å². The van der Waals surface area contributed by atoms with Gasteiger partial charge in [0.2, 0.25) is 0 Å². The molecule has 1 aliphatic carbocycles. The lowest BCUT2D eigenvalue weighted by Crippen LogP contribution is -2.41. The molecule has 0 aromatic rings. The molecule has 0 atom stereocenters. The largest absolute Gasteiger partial charge is 0.468 e.